The van der Waals surface area contributed by atoms with Gasteiger partial charge in [-0.1, -0.05) is 24.3 Å². The fourth-order valence-corrected chi connectivity index (χ4v) is 3.35. The van der Waals surface area contributed by atoms with Crippen LogP contribution >= 0.6 is 22.6 Å². The number of benzene rings is 2. The first-order valence-corrected chi connectivity index (χ1v) is 8.02. The summed E-state index contributed by atoms with van der Waals surface area (Å²) in [6.07, 6.45) is 0.825. The highest BCUT2D eigenvalue weighted by Crippen LogP contribution is 2.37. The Morgan fingerprint density at radius 1 is 1.18 bits per heavy atom. The largest absolute Gasteiger partial charge is 0.322 e. The number of hydrogen-bond acceptors (Lipinski definition) is 2. The highest BCUT2D eigenvalue weighted by Gasteiger charge is 2.24. The summed E-state index contributed by atoms with van der Waals surface area (Å²) in [5.41, 5.74) is 6.09. The molecular weight excluding hydrogens is 389 g/mol. The molecule has 1 aliphatic rings. The molecule has 5 heteroatoms. The average Bonchev–Trinajstić information content (AvgIpc) is 3.07. The van der Waals surface area contributed by atoms with Gasteiger partial charge >= 0.3 is 0 Å². The van der Waals surface area contributed by atoms with Crippen molar-refractivity contribution in [3.05, 3.63) is 68.9 Å². The molecule has 2 N–H and O–H groups in total. The van der Waals surface area contributed by atoms with Crippen LogP contribution in [0.5, 0.6) is 0 Å². The third-order valence-corrected chi connectivity index (χ3v) is 4.74. The second-order valence-electron chi connectivity index (χ2n) is 5.24. The Hall–Kier alpha value is -2.15. The molecule has 0 spiro atoms. The predicted octanol–water partition coefficient (Wildman–Crippen LogP) is 3.84. The molecule has 22 heavy (non-hydrogen) atoms. The third kappa shape index (κ3) is 2.21. The molecule has 3 aromatic rings. The van der Waals surface area contributed by atoms with E-state index in [9.17, 15) is 4.79 Å². The zero-order valence-corrected chi connectivity index (χ0v) is 13.7. The quantitative estimate of drug-likeness (QED) is 0.502. The zero-order chi connectivity index (χ0) is 15.1. The summed E-state index contributed by atoms with van der Waals surface area (Å²) in [7, 11) is 0. The molecule has 4 rings (SSSR count). The molecule has 0 unspecified atom stereocenters. The van der Waals surface area contributed by atoms with Crippen LogP contribution in [-0.4, -0.2) is 16.1 Å². The van der Waals surface area contributed by atoms with Crippen LogP contribution in [-0.2, 0) is 6.42 Å². The Bertz CT molecular complexity index is 871. The minimum Gasteiger partial charge on any atom is -0.322 e. The molecule has 1 aliphatic carbocycles. The van der Waals surface area contributed by atoms with E-state index in [1.165, 1.54) is 11.1 Å². The van der Waals surface area contributed by atoms with Crippen molar-refractivity contribution in [2.75, 3.05) is 5.32 Å². The van der Waals surface area contributed by atoms with E-state index in [1.807, 2.05) is 48.5 Å². The van der Waals surface area contributed by atoms with E-state index in [4.69, 9.17) is 0 Å². The molecule has 4 nitrogen and oxygen atoms in total. The van der Waals surface area contributed by atoms with Gasteiger partial charge in [0.25, 0.3) is 5.91 Å². The van der Waals surface area contributed by atoms with Gasteiger partial charge in [-0.2, -0.15) is 5.10 Å². The zero-order valence-electron chi connectivity index (χ0n) is 11.6. The summed E-state index contributed by atoms with van der Waals surface area (Å²) in [6.45, 7) is 0. The Morgan fingerprint density at radius 3 is 2.82 bits per heavy atom. The Kier molecular flexibility index (Phi) is 3.22. The molecule has 108 valence electrons. The third-order valence-electron chi connectivity index (χ3n) is 3.85. The van der Waals surface area contributed by atoms with Gasteiger partial charge in [0.15, 0.2) is 0 Å². The second-order valence-corrected chi connectivity index (χ2v) is 6.26. The Morgan fingerprint density at radius 2 is 2.00 bits per heavy atom. The van der Waals surface area contributed by atoms with E-state index in [0.717, 1.165) is 27.1 Å². The van der Waals surface area contributed by atoms with Crippen molar-refractivity contribution >= 4 is 34.2 Å². The maximum Gasteiger partial charge on any atom is 0.255 e. The monoisotopic (exact) mass is 401 g/mol. The molecule has 0 saturated heterocycles. The number of carbonyl (C=O) groups is 1. The van der Waals surface area contributed by atoms with Crippen molar-refractivity contribution in [1.82, 2.24) is 10.2 Å². The molecule has 0 bridgehead atoms. The molecule has 0 saturated carbocycles. The normalized spacial score (nSPS) is 11.9. The van der Waals surface area contributed by atoms with Crippen LogP contribution in [0.1, 0.15) is 21.5 Å². The number of anilines is 1. The van der Waals surface area contributed by atoms with Gasteiger partial charge in [-0.05, 0) is 52.4 Å². The van der Waals surface area contributed by atoms with E-state index in [1.54, 1.807) is 0 Å². The van der Waals surface area contributed by atoms with Gasteiger partial charge in [0.05, 0.1) is 5.69 Å². The molecule has 0 fully saturated rings. The van der Waals surface area contributed by atoms with Crippen LogP contribution in [0, 0.1) is 3.70 Å². The lowest BCUT2D eigenvalue weighted by Gasteiger charge is -2.07. The summed E-state index contributed by atoms with van der Waals surface area (Å²) in [5.74, 6) is -0.0858. The number of fused-ring (bicyclic) bond motifs is 3. The van der Waals surface area contributed by atoms with E-state index in [0.29, 0.717) is 5.56 Å². The van der Waals surface area contributed by atoms with Crippen molar-refractivity contribution in [2.24, 2.45) is 0 Å². The van der Waals surface area contributed by atoms with Crippen molar-refractivity contribution in [1.29, 1.82) is 0 Å². The van der Waals surface area contributed by atoms with Crippen LogP contribution in [0.4, 0.5) is 5.69 Å². The van der Waals surface area contributed by atoms with Crippen LogP contribution < -0.4 is 5.32 Å². The number of H-pyrrole nitrogens is 1. The number of nitrogens with zero attached hydrogens (tertiary/aromatic N) is 1. The SMILES string of the molecule is O=C(Nc1ccccc1)c1ccc2c(c1)Cc1c(I)n[nH]c1-2. The molecule has 1 heterocycles. The number of carbonyl (C=O) groups excluding carboxylic acids is 1. The summed E-state index contributed by atoms with van der Waals surface area (Å²) >= 11 is 2.23. The Labute approximate surface area is 141 Å². The molecule has 0 aliphatic heterocycles. The van der Waals surface area contributed by atoms with Gasteiger partial charge < -0.3 is 5.32 Å². The first-order chi connectivity index (χ1) is 10.7. The highest BCUT2D eigenvalue weighted by atomic mass is 127. The lowest BCUT2D eigenvalue weighted by atomic mass is 10.0. The standard InChI is InChI=1S/C17H12IN3O/c18-16-14-9-11-8-10(6-7-13(11)15(14)20-21-16)17(22)19-12-4-2-1-3-5-12/h1-8H,9H2,(H,19,22)(H,20,21). The molecule has 1 aromatic heterocycles. The fraction of sp³-hybridized carbons (Fsp3) is 0.0588. The summed E-state index contributed by atoms with van der Waals surface area (Å²) in [4.78, 5) is 12.4. The molecular formula is C17H12IN3O. The maximum absolute atomic E-state index is 12.4. The first-order valence-electron chi connectivity index (χ1n) is 6.95. The number of aromatic amines is 1. The number of halogens is 1. The molecule has 1 amide bonds. The predicted molar refractivity (Wildman–Crippen MR) is 93.9 cm³/mol. The molecule has 0 radical (unpaired) electrons. The number of nitrogens with one attached hydrogen (secondary N) is 2. The van der Waals surface area contributed by atoms with Gasteiger partial charge in [0.2, 0.25) is 0 Å². The van der Waals surface area contributed by atoms with Crippen molar-refractivity contribution in [3.8, 4) is 11.3 Å². The van der Waals surface area contributed by atoms with Crippen molar-refractivity contribution in [2.45, 2.75) is 6.42 Å². The summed E-state index contributed by atoms with van der Waals surface area (Å²) < 4.78 is 0.999. The van der Waals surface area contributed by atoms with Crippen LogP contribution in [0.15, 0.2) is 48.5 Å². The number of aromatic nitrogens is 2. The van der Waals surface area contributed by atoms with E-state index >= 15 is 0 Å². The van der Waals surface area contributed by atoms with Gasteiger partial charge in [-0.25, -0.2) is 0 Å². The summed E-state index contributed by atoms with van der Waals surface area (Å²) in [5, 5.41) is 10.2. The second kappa shape index (κ2) is 5.24. The van der Waals surface area contributed by atoms with Crippen molar-refractivity contribution < 1.29 is 4.79 Å². The topological polar surface area (TPSA) is 57.8 Å². The fourth-order valence-electron chi connectivity index (χ4n) is 2.77. The van der Waals surface area contributed by atoms with Gasteiger partial charge in [0.1, 0.15) is 3.70 Å². The highest BCUT2D eigenvalue weighted by molar-refractivity contribution is 14.1. The number of amides is 1. The van der Waals surface area contributed by atoms with E-state index < -0.39 is 0 Å². The average molecular weight is 401 g/mol. The molecule has 0 atom stereocenters. The lowest BCUT2D eigenvalue weighted by Crippen LogP contribution is -2.12. The summed E-state index contributed by atoms with van der Waals surface area (Å²) in [6, 6.07) is 15.3. The van der Waals surface area contributed by atoms with Gasteiger partial charge in [-0.3, -0.25) is 9.89 Å². The number of para-hydroxylation sites is 1. The van der Waals surface area contributed by atoms with Crippen LogP contribution in [0.3, 0.4) is 0 Å². The number of rotatable bonds is 2. The smallest absolute Gasteiger partial charge is 0.255 e. The Balaban J connectivity index is 1.63. The van der Waals surface area contributed by atoms with E-state index in [-0.39, 0.29) is 5.91 Å². The van der Waals surface area contributed by atoms with Gasteiger partial charge in [0, 0.05) is 28.8 Å². The van der Waals surface area contributed by atoms with Crippen LogP contribution in [0.25, 0.3) is 11.3 Å². The van der Waals surface area contributed by atoms with Crippen LogP contribution in [0.2, 0.25) is 0 Å². The lowest BCUT2D eigenvalue weighted by molar-refractivity contribution is 0.102. The minimum absolute atomic E-state index is 0.0858. The van der Waals surface area contributed by atoms with Gasteiger partial charge in [-0.15, -0.1) is 0 Å². The molecule has 2 aromatic carbocycles. The number of hydrogen-bond donors (Lipinski definition) is 2. The van der Waals surface area contributed by atoms with E-state index in [2.05, 4.69) is 38.1 Å². The van der Waals surface area contributed by atoms with Crippen molar-refractivity contribution in [3.63, 3.8) is 0 Å². The minimum atomic E-state index is -0.0858. The first kappa shape index (κ1) is 13.5. The maximum atomic E-state index is 12.4.